The quantitative estimate of drug-likeness (QED) is 0.713. The number of hydrogen-bond acceptors (Lipinski definition) is 5. The number of hydrogen-bond donors (Lipinski definition) is 2. The second-order valence-electron chi connectivity index (χ2n) is 6.44. The maximum Gasteiger partial charge on any atom is 0.138 e. The zero-order valence-corrected chi connectivity index (χ0v) is 15.3. The Labute approximate surface area is 146 Å². The fourth-order valence-corrected chi connectivity index (χ4v) is 3.82. The first-order valence-electron chi connectivity index (χ1n) is 8.23. The summed E-state index contributed by atoms with van der Waals surface area (Å²) in [5, 5.41) is 13.8. The second-order valence-corrected chi connectivity index (χ2v) is 7.65. The first-order chi connectivity index (χ1) is 11.5. The molecule has 0 amide bonds. The van der Waals surface area contributed by atoms with Crippen LogP contribution < -0.4 is 5.32 Å². The Morgan fingerprint density at radius 2 is 1.83 bits per heavy atom. The van der Waals surface area contributed by atoms with Crippen LogP contribution in [0.25, 0.3) is 21.3 Å². The molecule has 2 aromatic heterocycles. The third-order valence-corrected chi connectivity index (χ3v) is 5.11. The van der Waals surface area contributed by atoms with E-state index in [9.17, 15) is 5.11 Å². The largest absolute Gasteiger partial charge is 0.392 e. The van der Waals surface area contributed by atoms with E-state index in [1.54, 1.807) is 24.6 Å². The summed E-state index contributed by atoms with van der Waals surface area (Å²) in [4.78, 5) is 11.0. The highest BCUT2D eigenvalue weighted by atomic mass is 32.1. The Morgan fingerprint density at radius 3 is 2.46 bits per heavy atom. The van der Waals surface area contributed by atoms with Crippen molar-refractivity contribution in [3.8, 4) is 11.1 Å². The van der Waals surface area contributed by atoms with Gasteiger partial charge in [-0.2, -0.15) is 0 Å². The number of benzene rings is 1. The van der Waals surface area contributed by atoms with E-state index in [0.717, 1.165) is 16.0 Å². The van der Waals surface area contributed by atoms with Gasteiger partial charge in [-0.15, -0.1) is 11.3 Å². The van der Waals surface area contributed by atoms with Gasteiger partial charge in [0.15, 0.2) is 0 Å². The van der Waals surface area contributed by atoms with Crippen molar-refractivity contribution in [2.24, 2.45) is 0 Å². The van der Waals surface area contributed by atoms with Crippen molar-refractivity contribution in [2.45, 2.75) is 39.7 Å². The molecule has 3 aromatic rings. The van der Waals surface area contributed by atoms with E-state index in [0.29, 0.717) is 12.5 Å². The molecule has 0 saturated carbocycles. The van der Waals surface area contributed by atoms with Crippen LogP contribution in [0.4, 0.5) is 5.82 Å². The molecule has 1 unspecified atom stereocenters. The number of fused-ring (bicyclic) bond motifs is 1. The molecule has 0 fully saturated rings. The summed E-state index contributed by atoms with van der Waals surface area (Å²) < 4.78 is 0. The molecule has 0 spiro atoms. The minimum Gasteiger partial charge on any atom is -0.392 e. The Hall–Kier alpha value is -1.98. The van der Waals surface area contributed by atoms with Crippen molar-refractivity contribution >= 4 is 27.4 Å². The summed E-state index contributed by atoms with van der Waals surface area (Å²) in [5.41, 5.74) is 3.69. The van der Waals surface area contributed by atoms with Gasteiger partial charge in [-0.1, -0.05) is 38.1 Å². The highest BCUT2D eigenvalue weighted by molar-refractivity contribution is 7.19. The normalized spacial score (nSPS) is 12.8. The monoisotopic (exact) mass is 341 g/mol. The molecule has 1 aromatic carbocycles. The van der Waals surface area contributed by atoms with Gasteiger partial charge in [0.25, 0.3) is 0 Å². The van der Waals surface area contributed by atoms with E-state index in [1.807, 2.05) is 0 Å². The Morgan fingerprint density at radius 1 is 1.12 bits per heavy atom. The van der Waals surface area contributed by atoms with Crippen LogP contribution in [0.1, 0.15) is 37.1 Å². The smallest absolute Gasteiger partial charge is 0.138 e. The number of aryl methyl sites for hydroxylation is 1. The average molecular weight is 341 g/mol. The molecule has 0 aliphatic rings. The number of nitrogens with zero attached hydrogens (tertiary/aromatic N) is 2. The van der Waals surface area contributed by atoms with E-state index in [1.165, 1.54) is 21.6 Å². The average Bonchev–Trinajstić information content (AvgIpc) is 2.89. The van der Waals surface area contributed by atoms with Crippen molar-refractivity contribution in [3.05, 3.63) is 41.0 Å². The van der Waals surface area contributed by atoms with Crippen LogP contribution in [0, 0.1) is 6.92 Å². The Balaban J connectivity index is 2.11. The molecule has 0 radical (unpaired) electrons. The summed E-state index contributed by atoms with van der Waals surface area (Å²) in [6.07, 6.45) is 1.15. The number of thiophene rings is 1. The number of aliphatic hydroxyl groups excluding tert-OH is 1. The lowest BCUT2D eigenvalue weighted by molar-refractivity contribution is 0.208. The SMILES string of the molecule is Cc1sc2ncnc(NCC(C)O)c2c1-c1ccc(C(C)C)cc1. The minimum absolute atomic E-state index is 0.427. The molecule has 0 saturated heterocycles. The van der Waals surface area contributed by atoms with Crippen LogP contribution in [0.5, 0.6) is 0 Å². The third kappa shape index (κ3) is 3.28. The van der Waals surface area contributed by atoms with Crippen LogP contribution in [0.3, 0.4) is 0 Å². The molecule has 3 rings (SSSR count). The van der Waals surface area contributed by atoms with Crippen LogP contribution in [0.2, 0.25) is 0 Å². The first kappa shape index (κ1) is 16.9. The van der Waals surface area contributed by atoms with Gasteiger partial charge in [-0.3, -0.25) is 0 Å². The predicted octanol–water partition coefficient (Wildman–Crippen LogP) is 4.58. The van der Waals surface area contributed by atoms with Gasteiger partial charge in [0.05, 0.1) is 11.5 Å². The Kier molecular flexibility index (Phi) is 4.83. The van der Waals surface area contributed by atoms with Crippen LogP contribution >= 0.6 is 11.3 Å². The Bertz CT molecular complexity index is 838. The molecule has 24 heavy (non-hydrogen) atoms. The summed E-state index contributed by atoms with van der Waals surface area (Å²) in [5.74, 6) is 1.30. The molecule has 0 aliphatic carbocycles. The fourth-order valence-electron chi connectivity index (χ4n) is 2.80. The summed E-state index contributed by atoms with van der Waals surface area (Å²) in [6, 6.07) is 8.73. The number of rotatable bonds is 5. The molecule has 2 heterocycles. The second kappa shape index (κ2) is 6.87. The van der Waals surface area contributed by atoms with Crippen molar-refractivity contribution in [1.29, 1.82) is 0 Å². The molecule has 1 atom stereocenters. The van der Waals surface area contributed by atoms with Gasteiger partial charge in [-0.05, 0) is 30.9 Å². The van der Waals surface area contributed by atoms with Gasteiger partial charge < -0.3 is 10.4 Å². The molecule has 0 aliphatic heterocycles. The van der Waals surface area contributed by atoms with E-state index in [-0.39, 0.29) is 0 Å². The molecule has 5 heteroatoms. The number of aromatic nitrogens is 2. The van der Waals surface area contributed by atoms with Gasteiger partial charge in [0.2, 0.25) is 0 Å². The zero-order valence-electron chi connectivity index (χ0n) is 14.5. The number of nitrogens with one attached hydrogen (secondary N) is 1. The molecule has 0 bridgehead atoms. The molecular formula is C19H23N3OS. The van der Waals surface area contributed by atoms with Crippen molar-refractivity contribution in [3.63, 3.8) is 0 Å². The van der Waals surface area contributed by atoms with Crippen LogP contribution in [-0.4, -0.2) is 27.7 Å². The highest BCUT2D eigenvalue weighted by Gasteiger charge is 2.17. The highest BCUT2D eigenvalue weighted by Crippen LogP contribution is 2.40. The maximum atomic E-state index is 9.56. The van der Waals surface area contributed by atoms with E-state index in [4.69, 9.17) is 0 Å². The molecular weight excluding hydrogens is 318 g/mol. The zero-order chi connectivity index (χ0) is 17.3. The van der Waals surface area contributed by atoms with Crippen molar-refractivity contribution < 1.29 is 5.11 Å². The fraction of sp³-hybridized carbons (Fsp3) is 0.368. The lowest BCUT2D eigenvalue weighted by Crippen LogP contribution is -2.16. The van der Waals surface area contributed by atoms with Gasteiger partial charge in [-0.25, -0.2) is 9.97 Å². The van der Waals surface area contributed by atoms with E-state index >= 15 is 0 Å². The number of aliphatic hydroxyl groups is 1. The van der Waals surface area contributed by atoms with Crippen LogP contribution in [0.15, 0.2) is 30.6 Å². The standard InChI is InChI=1S/C19H23N3OS/c1-11(2)14-5-7-15(8-6-14)16-13(4)24-19-17(16)18(21-10-22-19)20-9-12(3)23/h5-8,10-12,23H,9H2,1-4H3,(H,20,21,22). The summed E-state index contributed by atoms with van der Waals surface area (Å²) in [7, 11) is 0. The lowest BCUT2D eigenvalue weighted by Gasteiger charge is -2.11. The van der Waals surface area contributed by atoms with Gasteiger partial charge in [0, 0.05) is 17.0 Å². The van der Waals surface area contributed by atoms with Crippen molar-refractivity contribution in [1.82, 2.24) is 9.97 Å². The number of anilines is 1. The lowest BCUT2D eigenvalue weighted by atomic mass is 9.98. The summed E-state index contributed by atoms with van der Waals surface area (Å²) >= 11 is 1.68. The van der Waals surface area contributed by atoms with E-state index < -0.39 is 6.10 Å². The van der Waals surface area contributed by atoms with E-state index in [2.05, 4.69) is 60.3 Å². The summed E-state index contributed by atoms with van der Waals surface area (Å²) in [6.45, 7) is 8.75. The minimum atomic E-state index is -0.427. The molecule has 126 valence electrons. The third-order valence-electron chi connectivity index (χ3n) is 4.10. The first-order valence-corrected chi connectivity index (χ1v) is 9.05. The van der Waals surface area contributed by atoms with Crippen molar-refractivity contribution in [2.75, 3.05) is 11.9 Å². The van der Waals surface area contributed by atoms with Gasteiger partial charge in [0.1, 0.15) is 17.0 Å². The molecule has 2 N–H and O–H groups in total. The van der Waals surface area contributed by atoms with Crippen LogP contribution in [-0.2, 0) is 0 Å². The predicted molar refractivity (Wildman–Crippen MR) is 102 cm³/mol. The maximum absolute atomic E-state index is 9.56. The topological polar surface area (TPSA) is 58.0 Å². The van der Waals surface area contributed by atoms with Gasteiger partial charge >= 0.3 is 0 Å². The molecule has 4 nitrogen and oxygen atoms in total.